The number of H-pyrrole nitrogens is 1. The lowest BCUT2D eigenvalue weighted by molar-refractivity contribution is 0.536. The zero-order valence-corrected chi connectivity index (χ0v) is 10.9. The summed E-state index contributed by atoms with van der Waals surface area (Å²) in [6.45, 7) is 2.16. The largest absolute Gasteiger partial charge is 0.343 e. The Bertz CT molecular complexity index is 629. The van der Waals surface area contributed by atoms with Crippen LogP contribution in [0.25, 0.3) is 0 Å². The van der Waals surface area contributed by atoms with Gasteiger partial charge in [-0.05, 0) is 36.4 Å². The van der Waals surface area contributed by atoms with Gasteiger partial charge in [-0.15, -0.1) is 5.10 Å². The number of nitrogens with zero attached hydrogens (tertiary/aromatic N) is 2. The van der Waals surface area contributed by atoms with Gasteiger partial charge in [0.25, 0.3) is 0 Å². The van der Waals surface area contributed by atoms with E-state index >= 15 is 0 Å². The number of hydrogen-bond donors (Lipinski definition) is 2. The van der Waals surface area contributed by atoms with Crippen LogP contribution < -0.4 is 11.4 Å². The predicted octanol–water partition coefficient (Wildman–Crippen LogP) is 1.48. The summed E-state index contributed by atoms with van der Waals surface area (Å²) in [5, 5.41) is 6.19. The second-order valence-electron chi connectivity index (χ2n) is 3.75. The van der Waals surface area contributed by atoms with Crippen molar-refractivity contribution in [2.45, 2.75) is 30.1 Å². The minimum Gasteiger partial charge on any atom is -0.326 e. The average molecular weight is 286 g/mol. The van der Waals surface area contributed by atoms with E-state index in [-0.39, 0.29) is 16.6 Å². The Kier molecular flexibility index (Phi) is 4.01. The first-order valence-corrected chi connectivity index (χ1v) is 6.39. The normalized spacial score (nSPS) is 10.9. The van der Waals surface area contributed by atoms with Crippen molar-refractivity contribution in [3.05, 3.63) is 39.8 Å². The highest BCUT2D eigenvalue weighted by Crippen LogP contribution is 2.30. The Morgan fingerprint density at radius 3 is 2.58 bits per heavy atom. The predicted molar refractivity (Wildman–Crippen MR) is 66.9 cm³/mol. The molecule has 2 rings (SSSR count). The van der Waals surface area contributed by atoms with E-state index in [1.54, 1.807) is 6.92 Å². The fourth-order valence-corrected chi connectivity index (χ4v) is 2.49. The fourth-order valence-electron chi connectivity index (χ4n) is 1.58. The Hall–Kier alpha value is -1.67. The van der Waals surface area contributed by atoms with Crippen LogP contribution in [0.2, 0.25) is 0 Å². The first-order chi connectivity index (χ1) is 9.06. The topological polar surface area (TPSA) is 76.7 Å². The van der Waals surface area contributed by atoms with Gasteiger partial charge >= 0.3 is 5.69 Å². The van der Waals surface area contributed by atoms with Gasteiger partial charge in [0.1, 0.15) is 11.6 Å². The van der Waals surface area contributed by atoms with Crippen molar-refractivity contribution >= 4 is 11.8 Å². The van der Waals surface area contributed by atoms with E-state index in [1.807, 2.05) is 0 Å². The number of benzene rings is 1. The van der Waals surface area contributed by atoms with E-state index in [1.165, 1.54) is 16.7 Å². The number of aromatic amines is 1. The van der Waals surface area contributed by atoms with Crippen LogP contribution in [-0.4, -0.2) is 14.8 Å². The molecule has 0 bridgehead atoms. The lowest BCUT2D eigenvalue weighted by Crippen LogP contribution is -2.16. The number of halogens is 2. The number of aromatic nitrogens is 3. The SMILES string of the molecule is CCn1c(Sc2c(F)cc(CN)cc2F)n[nH]c1=O. The van der Waals surface area contributed by atoms with E-state index in [0.717, 1.165) is 11.8 Å². The molecule has 0 aliphatic heterocycles. The maximum Gasteiger partial charge on any atom is 0.343 e. The van der Waals surface area contributed by atoms with Gasteiger partial charge in [0.15, 0.2) is 5.16 Å². The van der Waals surface area contributed by atoms with E-state index in [2.05, 4.69) is 10.2 Å². The molecule has 0 radical (unpaired) electrons. The molecule has 0 unspecified atom stereocenters. The van der Waals surface area contributed by atoms with Crippen molar-refractivity contribution in [2.24, 2.45) is 5.73 Å². The zero-order chi connectivity index (χ0) is 14.0. The Balaban J connectivity index is 2.41. The van der Waals surface area contributed by atoms with Crippen LogP contribution in [0.5, 0.6) is 0 Å². The summed E-state index contributed by atoms with van der Waals surface area (Å²) in [7, 11) is 0. The lowest BCUT2D eigenvalue weighted by atomic mass is 10.2. The van der Waals surface area contributed by atoms with Gasteiger partial charge in [-0.25, -0.2) is 18.7 Å². The van der Waals surface area contributed by atoms with Crippen LogP contribution in [0, 0.1) is 11.6 Å². The maximum atomic E-state index is 13.8. The van der Waals surface area contributed by atoms with Crippen LogP contribution in [0.15, 0.2) is 27.0 Å². The molecule has 0 saturated carbocycles. The minimum absolute atomic E-state index is 0.0564. The molecule has 0 saturated heterocycles. The lowest BCUT2D eigenvalue weighted by Gasteiger charge is -2.06. The number of nitrogens with two attached hydrogens (primary N) is 1. The van der Waals surface area contributed by atoms with Crippen LogP contribution in [0.4, 0.5) is 8.78 Å². The van der Waals surface area contributed by atoms with Crippen molar-refractivity contribution in [2.75, 3.05) is 0 Å². The van der Waals surface area contributed by atoms with Gasteiger partial charge < -0.3 is 5.73 Å². The molecule has 3 N–H and O–H groups in total. The van der Waals surface area contributed by atoms with Gasteiger partial charge in [0.05, 0.1) is 4.90 Å². The average Bonchev–Trinajstić information content (AvgIpc) is 2.73. The second kappa shape index (κ2) is 5.54. The summed E-state index contributed by atoms with van der Waals surface area (Å²) in [5.74, 6) is -1.44. The highest BCUT2D eigenvalue weighted by Gasteiger charge is 2.16. The third-order valence-electron chi connectivity index (χ3n) is 2.53. The summed E-state index contributed by atoms with van der Waals surface area (Å²) in [5.41, 5.74) is 5.29. The van der Waals surface area contributed by atoms with E-state index < -0.39 is 17.3 Å². The van der Waals surface area contributed by atoms with E-state index in [0.29, 0.717) is 12.1 Å². The molecule has 0 spiro atoms. The highest BCUT2D eigenvalue weighted by atomic mass is 32.2. The highest BCUT2D eigenvalue weighted by molar-refractivity contribution is 7.99. The Morgan fingerprint density at radius 1 is 1.42 bits per heavy atom. The minimum atomic E-state index is -0.719. The van der Waals surface area contributed by atoms with E-state index in [9.17, 15) is 13.6 Å². The molecular weight excluding hydrogens is 274 g/mol. The Labute approximate surface area is 111 Å². The molecule has 5 nitrogen and oxygen atoms in total. The van der Waals surface area contributed by atoms with Crippen molar-refractivity contribution in [1.29, 1.82) is 0 Å². The number of rotatable bonds is 4. The smallest absolute Gasteiger partial charge is 0.326 e. The van der Waals surface area contributed by atoms with Gasteiger partial charge in [0.2, 0.25) is 0 Å². The molecule has 0 aliphatic carbocycles. The molecule has 8 heteroatoms. The van der Waals surface area contributed by atoms with Gasteiger partial charge in [-0.1, -0.05) is 0 Å². The molecule has 1 heterocycles. The van der Waals surface area contributed by atoms with Gasteiger partial charge in [0, 0.05) is 13.1 Å². The first-order valence-electron chi connectivity index (χ1n) is 5.57. The number of nitrogens with one attached hydrogen (secondary N) is 1. The first kappa shape index (κ1) is 13.8. The van der Waals surface area contributed by atoms with Crippen LogP contribution in [-0.2, 0) is 13.1 Å². The number of hydrogen-bond acceptors (Lipinski definition) is 4. The van der Waals surface area contributed by atoms with Crippen LogP contribution >= 0.6 is 11.8 Å². The van der Waals surface area contributed by atoms with Crippen molar-refractivity contribution < 1.29 is 8.78 Å². The molecule has 0 aliphatic rings. The van der Waals surface area contributed by atoms with Crippen molar-refractivity contribution in [1.82, 2.24) is 14.8 Å². The standard InChI is InChI=1S/C11H12F2N4OS/c1-2-17-10(18)15-16-11(17)19-9-7(12)3-6(5-14)4-8(9)13/h3-4H,2,5,14H2,1H3,(H,15,18). The summed E-state index contributed by atoms with van der Waals surface area (Å²) in [6.07, 6.45) is 0. The Morgan fingerprint density at radius 2 is 2.05 bits per heavy atom. The van der Waals surface area contributed by atoms with E-state index in [4.69, 9.17) is 5.73 Å². The van der Waals surface area contributed by atoms with Gasteiger partial charge in [-0.3, -0.25) is 4.57 Å². The summed E-state index contributed by atoms with van der Waals surface area (Å²) in [6, 6.07) is 2.35. The quantitative estimate of drug-likeness (QED) is 0.892. The molecule has 0 atom stereocenters. The van der Waals surface area contributed by atoms with Crippen LogP contribution in [0.3, 0.4) is 0 Å². The summed E-state index contributed by atoms with van der Waals surface area (Å²) >= 11 is 0.762. The molecule has 0 fully saturated rings. The molecule has 0 amide bonds. The summed E-state index contributed by atoms with van der Waals surface area (Å²) < 4.78 is 28.9. The second-order valence-corrected chi connectivity index (χ2v) is 4.73. The van der Waals surface area contributed by atoms with Crippen molar-refractivity contribution in [3.8, 4) is 0 Å². The van der Waals surface area contributed by atoms with Gasteiger partial charge in [-0.2, -0.15) is 0 Å². The summed E-state index contributed by atoms with van der Waals surface area (Å²) in [4.78, 5) is 11.2. The third-order valence-corrected chi connectivity index (χ3v) is 3.61. The zero-order valence-electron chi connectivity index (χ0n) is 10.1. The molecule has 2 aromatic rings. The molecule has 102 valence electrons. The molecule has 1 aromatic carbocycles. The maximum absolute atomic E-state index is 13.8. The van der Waals surface area contributed by atoms with Crippen molar-refractivity contribution in [3.63, 3.8) is 0 Å². The third kappa shape index (κ3) is 2.69. The fraction of sp³-hybridized carbons (Fsp3) is 0.273. The van der Waals surface area contributed by atoms with Crippen LogP contribution in [0.1, 0.15) is 12.5 Å². The monoisotopic (exact) mass is 286 g/mol. The molecule has 1 aromatic heterocycles. The molecular formula is C11H12F2N4OS. The molecule has 19 heavy (non-hydrogen) atoms.